The number of esters is 1. The Morgan fingerprint density at radius 3 is 2.25 bits per heavy atom. The molecule has 0 bridgehead atoms. The largest absolute Gasteiger partial charge is 0.467 e. The first-order chi connectivity index (χ1) is 7.69. The fraction of sp³-hybridized carbons (Fsp3) is 0.273. The van der Waals surface area contributed by atoms with Crippen LogP contribution in [0.25, 0.3) is 0 Å². The summed E-state index contributed by atoms with van der Waals surface area (Å²) in [4.78, 5) is 22.5. The van der Waals surface area contributed by atoms with E-state index in [1.54, 1.807) is 24.3 Å². The SMILES string of the molecule is COC(=O)NC(C(=O)OC)c1ccccc1. The summed E-state index contributed by atoms with van der Waals surface area (Å²) in [5.41, 5.74) is 0.639. The molecule has 1 aromatic carbocycles. The van der Waals surface area contributed by atoms with Crippen LogP contribution < -0.4 is 5.32 Å². The molecule has 1 aromatic rings. The third kappa shape index (κ3) is 2.98. The number of hydrogen-bond donors (Lipinski definition) is 1. The first-order valence-electron chi connectivity index (χ1n) is 4.66. The lowest BCUT2D eigenvalue weighted by molar-refractivity contribution is -0.143. The molecular weight excluding hydrogens is 210 g/mol. The molecule has 0 aliphatic carbocycles. The number of carbonyl (C=O) groups excluding carboxylic acids is 2. The van der Waals surface area contributed by atoms with Crippen LogP contribution in [0.15, 0.2) is 30.3 Å². The fourth-order valence-corrected chi connectivity index (χ4v) is 1.22. The molecule has 0 saturated heterocycles. The van der Waals surface area contributed by atoms with Crippen molar-refractivity contribution >= 4 is 12.1 Å². The van der Waals surface area contributed by atoms with E-state index in [2.05, 4.69) is 14.8 Å². The highest BCUT2D eigenvalue weighted by Gasteiger charge is 2.23. The summed E-state index contributed by atoms with van der Waals surface area (Å²) in [5, 5.41) is 2.40. The van der Waals surface area contributed by atoms with Gasteiger partial charge in [0.15, 0.2) is 6.04 Å². The third-order valence-corrected chi connectivity index (χ3v) is 2.02. The number of amides is 1. The van der Waals surface area contributed by atoms with Gasteiger partial charge in [-0.2, -0.15) is 0 Å². The molecular formula is C11H13NO4. The predicted molar refractivity (Wildman–Crippen MR) is 56.7 cm³/mol. The van der Waals surface area contributed by atoms with Crippen LogP contribution in [0.4, 0.5) is 4.79 Å². The Balaban J connectivity index is 2.88. The molecule has 0 aliphatic rings. The maximum absolute atomic E-state index is 11.5. The second kappa shape index (κ2) is 5.75. The Labute approximate surface area is 93.4 Å². The molecule has 1 rings (SSSR count). The Morgan fingerprint density at radius 2 is 1.75 bits per heavy atom. The molecule has 0 heterocycles. The fourth-order valence-electron chi connectivity index (χ4n) is 1.22. The van der Waals surface area contributed by atoms with Crippen LogP contribution in [0.3, 0.4) is 0 Å². The van der Waals surface area contributed by atoms with E-state index in [1.165, 1.54) is 14.2 Å². The van der Waals surface area contributed by atoms with Crippen LogP contribution in [0, 0.1) is 0 Å². The van der Waals surface area contributed by atoms with E-state index in [0.717, 1.165) is 0 Å². The summed E-state index contributed by atoms with van der Waals surface area (Å²) in [7, 11) is 2.49. The molecule has 0 aliphatic heterocycles. The summed E-state index contributed by atoms with van der Waals surface area (Å²) in [6, 6.07) is 7.94. The minimum Gasteiger partial charge on any atom is -0.467 e. The first-order valence-corrected chi connectivity index (χ1v) is 4.66. The van der Waals surface area contributed by atoms with Gasteiger partial charge in [0, 0.05) is 0 Å². The van der Waals surface area contributed by atoms with Crippen LogP contribution in [0.2, 0.25) is 0 Å². The number of rotatable bonds is 3. The minimum absolute atomic E-state index is 0.545. The zero-order valence-corrected chi connectivity index (χ0v) is 9.10. The summed E-state index contributed by atoms with van der Waals surface area (Å²) in [6.45, 7) is 0. The van der Waals surface area contributed by atoms with Crippen molar-refractivity contribution in [1.29, 1.82) is 0 Å². The average Bonchev–Trinajstić information content (AvgIpc) is 2.35. The number of carbonyl (C=O) groups is 2. The lowest BCUT2D eigenvalue weighted by Crippen LogP contribution is -2.34. The van der Waals surface area contributed by atoms with Crippen molar-refractivity contribution in [2.75, 3.05) is 14.2 Å². The highest BCUT2D eigenvalue weighted by Crippen LogP contribution is 2.13. The smallest absolute Gasteiger partial charge is 0.407 e. The number of nitrogens with one attached hydrogen (secondary N) is 1. The van der Waals surface area contributed by atoms with Gasteiger partial charge in [0.05, 0.1) is 14.2 Å². The van der Waals surface area contributed by atoms with Gasteiger partial charge in [-0.05, 0) is 5.56 Å². The van der Waals surface area contributed by atoms with E-state index in [-0.39, 0.29) is 0 Å². The average molecular weight is 223 g/mol. The molecule has 1 N–H and O–H groups in total. The van der Waals surface area contributed by atoms with Crippen molar-refractivity contribution in [3.8, 4) is 0 Å². The van der Waals surface area contributed by atoms with E-state index in [9.17, 15) is 9.59 Å². The van der Waals surface area contributed by atoms with Gasteiger partial charge in [0.1, 0.15) is 0 Å². The van der Waals surface area contributed by atoms with Crippen molar-refractivity contribution < 1.29 is 19.1 Å². The maximum Gasteiger partial charge on any atom is 0.407 e. The Hall–Kier alpha value is -2.04. The standard InChI is InChI=1S/C11H13NO4/c1-15-10(13)9(12-11(14)16-2)8-6-4-3-5-7-8/h3-7,9H,1-2H3,(H,12,14). The lowest BCUT2D eigenvalue weighted by atomic mass is 10.1. The van der Waals surface area contributed by atoms with Gasteiger partial charge in [-0.3, -0.25) is 0 Å². The number of hydrogen-bond acceptors (Lipinski definition) is 4. The van der Waals surface area contributed by atoms with Gasteiger partial charge < -0.3 is 14.8 Å². The highest BCUT2D eigenvalue weighted by molar-refractivity contribution is 5.82. The van der Waals surface area contributed by atoms with Gasteiger partial charge in [0.2, 0.25) is 0 Å². The zero-order valence-electron chi connectivity index (χ0n) is 9.10. The highest BCUT2D eigenvalue weighted by atomic mass is 16.5. The second-order valence-electron chi connectivity index (χ2n) is 3.00. The number of ether oxygens (including phenoxy) is 2. The van der Waals surface area contributed by atoms with Crippen molar-refractivity contribution in [2.45, 2.75) is 6.04 Å². The van der Waals surface area contributed by atoms with Crippen molar-refractivity contribution in [3.05, 3.63) is 35.9 Å². The van der Waals surface area contributed by atoms with Gasteiger partial charge in [-0.1, -0.05) is 30.3 Å². The number of methoxy groups -OCH3 is 2. The monoisotopic (exact) mass is 223 g/mol. The van der Waals surface area contributed by atoms with Gasteiger partial charge in [-0.25, -0.2) is 9.59 Å². The lowest BCUT2D eigenvalue weighted by Gasteiger charge is -2.15. The second-order valence-corrected chi connectivity index (χ2v) is 3.00. The predicted octanol–water partition coefficient (Wildman–Crippen LogP) is 1.26. The van der Waals surface area contributed by atoms with Gasteiger partial charge in [-0.15, -0.1) is 0 Å². The first kappa shape index (κ1) is 12.0. The van der Waals surface area contributed by atoms with E-state index in [1.807, 2.05) is 6.07 Å². The molecule has 0 spiro atoms. The van der Waals surface area contributed by atoms with Crippen LogP contribution in [-0.2, 0) is 14.3 Å². The summed E-state index contributed by atoms with van der Waals surface area (Å²) < 4.78 is 9.04. The van der Waals surface area contributed by atoms with Gasteiger partial charge in [0.25, 0.3) is 0 Å². The van der Waals surface area contributed by atoms with Crippen LogP contribution in [0.1, 0.15) is 11.6 Å². The minimum atomic E-state index is -0.848. The molecule has 5 nitrogen and oxygen atoms in total. The maximum atomic E-state index is 11.5. The normalized spacial score (nSPS) is 11.4. The van der Waals surface area contributed by atoms with E-state index in [4.69, 9.17) is 0 Å². The molecule has 16 heavy (non-hydrogen) atoms. The molecule has 1 amide bonds. The molecule has 0 saturated carbocycles. The molecule has 0 aromatic heterocycles. The van der Waals surface area contributed by atoms with Crippen LogP contribution >= 0.6 is 0 Å². The van der Waals surface area contributed by atoms with E-state index >= 15 is 0 Å². The third-order valence-electron chi connectivity index (χ3n) is 2.02. The summed E-state index contributed by atoms with van der Waals surface area (Å²) in [5.74, 6) is -0.545. The van der Waals surface area contributed by atoms with Gasteiger partial charge >= 0.3 is 12.1 Å². The van der Waals surface area contributed by atoms with Crippen LogP contribution in [0.5, 0.6) is 0 Å². The Kier molecular flexibility index (Phi) is 4.32. The molecule has 1 unspecified atom stereocenters. The summed E-state index contributed by atoms with van der Waals surface area (Å²) in [6.07, 6.45) is -0.681. The molecule has 86 valence electrons. The molecule has 1 atom stereocenters. The molecule has 0 fully saturated rings. The summed E-state index contributed by atoms with van der Waals surface area (Å²) >= 11 is 0. The topological polar surface area (TPSA) is 64.6 Å². The quantitative estimate of drug-likeness (QED) is 0.783. The number of benzene rings is 1. The number of alkyl carbamates (subject to hydrolysis) is 1. The Morgan fingerprint density at radius 1 is 1.12 bits per heavy atom. The molecule has 0 radical (unpaired) electrons. The van der Waals surface area contributed by atoms with E-state index < -0.39 is 18.1 Å². The zero-order chi connectivity index (χ0) is 12.0. The van der Waals surface area contributed by atoms with Crippen molar-refractivity contribution in [1.82, 2.24) is 5.32 Å². The molecule has 5 heteroatoms. The van der Waals surface area contributed by atoms with E-state index in [0.29, 0.717) is 5.56 Å². The van der Waals surface area contributed by atoms with Crippen molar-refractivity contribution in [3.63, 3.8) is 0 Å². The van der Waals surface area contributed by atoms with Crippen molar-refractivity contribution in [2.24, 2.45) is 0 Å². The Bertz CT molecular complexity index is 364. The van der Waals surface area contributed by atoms with Crippen LogP contribution in [-0.4, -0.2) is 26.3 Å².